The smallest absolute Gasteiger partial charge is 0.433 e. The monoisotopic (exact) mass is 699 g/mol. The number of rotatable bonds is 13. The van der Waals surface area contributed by atoms with Crippen LogP contribution in [0.25, 0.3) is 33.9 Å². The highest BCUT2D eigenvalue weighted by atomic mass is 19.4. The summed E-state index contributed by atoms with van der Waals surface area (Å²) in [7, 11) is 3.54. The first-order valence-electron chi connectivity index (χ1n) is 16.5. The topological polar surface area (TPSA) is 135 Å². The van der Waals surface area contributed by atoms with Crippen LogP contribution in [0.5, 0.6) is 5.88 Å². The summed E-state index contributed by atoms with van der Waals surface area (Å²) < 4.78 is 57.5. The minimum atomic E-state index is -4.69. The van der Waals surface area contributed by atoms with Gasteiger partial charge in [0.1, 0.15) is 22.7 Å². The number of esters is 1. The minimum Gasteiger partial charge on any atom is -0.478 e. The third-order valence-corrected chi connectivity index (χ3v) is 8.28. The average molecular weight is 700 g/mol. The Kier molecular flexibility index (Phi) is 11.1. The molecule has 1 aliphatic heterocycles. The summed E-state index contributed by atoms with van der Waals surface area (Å²) in [6.07, 6.45) is -1.37. The zero-order valence-electron chi connectivity index (χ0n) is 29.5. The van der Waals surface area contributed by atoms with Crippen molar-refractivity contribution in [3.8, 4) is 28.7 Å². The Bertz CT molecular complexity index is 1780. The van der Waals surface area contributed by atoms with Gasteiger partial charge in [-0.05, 0) is 32.9 Å². The molecule has 5 rings (SSSR count). The third kappa shape index (κ3) is 8.59. The molecule has 4 aromatic heterocycles. The zero-order chi connectivity index (χ0) is 36.2. The van der Waals surface area contributed by atoms with Crippen LogP contribution in [0.15, 0.2) is 30.6 Å². The molecule has 1 aliphatic rings. The number of anilines is 2. The highest BCUT2D eigenvalue weighted by Crippen LogP contribution is 2.36. The first-order chi connectivity index (χ1) is 23.7. The van der Waals surface area contributed by atoms with E-state index in [1.165, 1.54) is 6.07 Å². The lowest BCUT2D eigenvalue weighted by molar-refractivity contribution is -0.144. The van der Waals surface area contributed by atoms with Gasteiger partial charge in [-0.1, -0.05) is 13.8 Å². The van der Waals surface area contributed by atoms with Gasteiger partial charge in [-0.25, -0.2) is 24.9 Å². The average Bonchev–Trinajstić information content (AvgIpc) is 3.48. The van der Waals surface area contributed by atoms with Crippen LogP contribution in [0.4, 0.5) is 24.7 Å². The molecular weight excluding hydrogens is 655 g/mol. The molecule has 1 atom stereocenters. The summed E-state index contributed by atoms with van der Waals surface area (Å²) in [5.74, 6) is 0.711. The van der Waals surface area contributed by atoms with Crippen molar-refractivity contribution in [2.24, 2.45) is 5.41 Å². The summed E-state index contributed by atoms with van der Waals surface area (Å²) in [4.78, 5) is 43.9. The second-order valence-electron chi connectivity index (χ2n) is 13.1. The number of imidazole rings is 1. The Morgan fingerprint density at radius 1 is 1.04 bits per heavy atom. The van der Waals surface area contributed by atoms with E-state index in [-0.39, 0.29) is 47.7 Å². The first-order valence-corrected chi connectivity index (χ1v) is 16.5. The quantitative estimate of drug-likeness (QED) is 0.187. The molecule has 4 aromatic rings. The van der Waals surface area contributed by atoms with E-state index >= 15 is 0 Å². The van der Waals surface area contributed by atoms with Gasteiger partial charge >= 0.3 is 12.1 Å². The fraction of sp³-hybridized carbons (Fsp3) is 0.529. The highest BCUT2D eigenvalue weighted by Gasteiger charge is 2.34. The van der Waals surface area contributed by atoms with E-state index in [0.29, 0.717) is 73.6 Å². The number of methoxy groups -OCH3 is 1. The van der Waals surface area contributed by atoms with Gasteiger partial charge in [0, 0.05) is 63.4 Å². The van der Waals surface area contributed by atoms with Crippen LogP contribution in [0, 0.1) is 5.41 Å². The molecule has 0 amide bonds. The van der Waals surface area contributed by atoms with Crippen LogP contribution in [0.1, 0.15) is 40.3 Å². The van der Waals surface area contributed by atoms with Crippen molar-refractivity contribution in [1.82, 2.24) is 34.8 Å². The number of aromatic nitrogens is 6. The number of carbonyl (C=O) groups is 1. The van der Waals surface area contributed by atoms with Crippen LogP contribution in [0.3, 0.4) is 0 Å². The van der Waals surface area contributed by atoms with Crippen LogP contribution in [0.2, 0.25) is 0 Å². The second-order valence-corrected chi connectivity index (χ2v) is 13.1. The van der Waals surface area contributed by atoms with Gasteiger partial charge in [-0.15, -0.1) is 0 Å². The lowest BCUT2D eigenvalue weighted by atomic mass is 9.94. The van der Waals surface area contributed by atoms with Gasteiger partial charge in [-0.3, -0.25) is 9.69 Å². The first kappa shape index (κ1) is 36.7. The van der Waals surface area contributed by atoms with Crippen LogP contribution in [-0.4, -0.2) is 114 Å². The number of aromatic amines is 1. The molecule has 1 fully saturated rings. The molecule has 13 nitrogen and oxygen atoms in total. The van der Waals surface area contributed by atoms with Crippen molar-refractivity contribution < 1.29 is 32.2 Å². The van der Waals surface area contributed by atoms with Crippen LogP contribution in [-0.2, 0) is 20.4 Å². The molecule has 0 unspecified atom stereocenters. The Morgan fingerprint density at radius 2 is 1.82 bits per heavy atom. The van der Waals surface area contributed by atoms with E-state index in [0.717, 1.165) is 6.07 Å². The van der Waals surface area contributed by atoms with Crippen LogP contribution >= 0.6 is 0 Å². The predicted octanol–water partition coefficient (Wildman–Crippen LogP) is 5.08. The molecule has 0 aromatic carbocycles. The molecule has 50 heavy (non-hydrogen) atoms. The fourth-order valence-corrected chi connectivity index (χ4v) is 6.22. The van der Waals surface area contributed by atoms with Crippen LogP contribution < -0.4 is 14.5 Å². The zero-order valence-corrected chi connectivity index (χ0v) is 29.5. The van der Waals surface area contributed by atoms with Gasteiger partial charge in [-0.2, -0.15) is 13.2 Å². The number of carbonyl (C=O) groups excluding carboxylic acids is 1. The van der Waals surface area contributed by atoms with Crippen molar-refractivity contribution in [2.75, 3.05) is 76.5 Å². The maximum atomic E-state index is 13.9. The van der Waals surface area contributed by atoms with Crippen molar-refractivity contribution in [1.29, 1.82) is 0 Å². The van der Waals surface area contributed by atoms with E-state index in [4.69, 9.17) is 24.2 Å². The Hall–Kier alpha value is -4.57. The van der Waals surface area contributed by atoms with Gasteiger partial charge in [0.05, 0.1) is 50.1 Å². The summed E-state index contributed by atoms with van der Waals surface area (Å²) in [5.41, 5.74) is 1.16. The number of halogens is 3. The number of nitrogens with zero attached hydrogens (tertiary/aromatic N) is 8. The normalized spacial score (nSPS) is 15.8. The number of piperazine rings is 1. The van der Waals surface area contributed by atoms with E-state index < -0.39 is 11.9 Å². The van der Waals surface area contributed by atoms with Gasteiger partial charge in [0.2, 0.25) is 5.88 Å². The van der Waals surface area contributed by atoms with Crippen molar-refractivity contribution in [3.63, 3.8) is 0 Å². The van der Waals surface area contributed by atoms with E-state index in [9.17, 15) is 18.0 Å². The maximum Gasteiger partial charge on any atom is 0.433 e. The number of alkyl halides is 3. The molecule has 0 saturated carbocycles. The van der Waals surface area contributed by atoms with Crippen molar-refractivity contribution in [3.05, 3.63) is 36.3 Å². The number of pyridine rings is 2. The number of ether oxygens (including phenoxy) is 3. The number of fused-ring (bicyclic) bond motifs is 1. The second kappa shape index (κ2) is 15.1. The lowest BCUT2D eigenvalue weighted by Gasteiger charge is -2.39. The Labute approximate surface area is 289 Å². The third-order valence-electron chi connectivity index (χ3n) is 8.28. The molecule has 0 spiro atoms. The Morgan fingerprint density at radius 3 is 2.46 bits per heavy atom. The molecular formula is C34H44F3N9O4. The van der Waals surface area contributed by atoms with Gasteiger partial charge in [0.25, 0.3) is 0 Å². The summed E-state index contributed by atoms with van der Waals surface area (Å²) in [6, 6.07) is 4.23. The molecule has 5 heterocycles. The number of nitrogens with one attached hydrogen (secondary N) is 1. The molecule has 1 N–H and O–H groups in total. The van der Waals surface area contributed by atoms with Crippen molar-refractivity contribution in [2.45, 2.75) is 46.8 Å². The van der Waals surface area contributed by atoms with E-state index in [1.807, 2.05) is 11.9 Å². The number of hydrogen-bond acceptors (Lipinski definition) is 12. The fourth-order valence-electron chi connectivity index (χ4n) is 6.22. The maximum absolute atomic E-state index is 13.9. The predicted molar refractivity (Wildman–Crippen MR) is 183 cm³/mol. The minimum absolute atomic E-state index is 0.0851. The summed E-state index contributed by atoms with van der Waals surface area (Å²) in [5, 5.41) is 0. The molecule has 1 saturated heterocycles. The largest absolute Gasteiger partial charge is 0.478 e. The number of hydrogen-bond donors (Lipinski definition) is 1. The van der Waals surface area contributed by atoms with Gasteiger partial charge in [0.15, 0.2) is 11.5 Å². The molecule has 270 valence electrons. The molecule has 0 radical (unpaired) electrons. The molecule has 16 heteroatoms. The molecule has 0 bridgehead atoms. The van der Waals surface area contributed by atoms with Gasteiger partial charge < -0.3 is 29.0 Å². The van der Waals surface area contributed by atoms with Crippen molar-refractivity contribution >= 4 is 28.6 Å². The van der Waals surface area contributed by atoms with E-state index in [2.05, 4.69) is 50.5 Å². The molecule has 0 aliphatic carbocycles. The lowest BCUT2D eigenvalue weighted by Crippen LogP contribution is -2.53. The number of H-pyrrole nitrogens is 1. The van der Waals surface area contributed by atoms with E-state index in [1.54, 1.807) is 39.4 Å². The highest BCUT2D eigenvalue weighted by molar-refractivity contribution is 5.91. The summed E-state index contributed by atoms with van der Waals surface area (Å²) >= 11 is 0. The summed E-state index contributed by atoms with van der Waals surface area (Å²) in [6.45, 7) is 13.5. The SMILES string of the molecule is CCOC(=O)CN1CCN(c2cnc(-c3nc4nc(-c5cc(OCC)nc(C(F)(F)F)c5)cc(N(C)CC(C)(C)COC)c4[nH]3)cn2)[C@H](C)C1. The standard InChI is InChI=1S/C34H44F3N9O4/c1-8-49-28-13-22(12-26(41-28)34(35,36)37)23-14-25(44(6)19-33(4,5)20-48-7)30-32(40-23)43-31(42-30)24-15-39-27(16-38-24)46-11-10-45(17-21(46)3)18-29(47)50-9-2/h12-16,21H,8-11,17-20H2,1-7H3,(H,40,42,43)/t21-/m1/s1. The Balaban J connectivity index is 1.49.